The van der Waals surface area contributed by atoms with Crippen molar-refractivity contribution in [2.24, 2.45) is 11.3 Å². The molecule has 2 nitrogen and oxygen atoms in total. The van der Waals surface area contributed by atoms with Crippen LogP contribution in [0, 0.1) is 11.3 Å². The lowest BCUT2D eigenvalue weighted by Crippen LogP contribution is -2.53. The zero-order chi connectivity index (χ0) is 19.4. The molecule has 0 amide bonds. The van der Waals surface area contributed by atoms with Gasteiger partial charge >= 0.3 is 0 Å². The minimum absolute atomic E-state index is 0.104. The van der Waals surface area contributed by atoms with Crippen LogP contribution in [0.25, 0.3) is 6.08 Å². The molecule has 0 radical (unpaired) electrons. The Morgan fingerprint density at radius 1 is 1.11 bits per heavy atom. The molecule has 2 bridgehead atoms. The maximum Gasteiger partial charge on any atom is 0.0537 e. The second kappa shape index (κ2) is 8.82. The first-order valence-electron chi connectivity index (χ1n) is 10.5. The van der Waals surface area contributed by atoms with Gasteiger partial charge in [-0.3, -0.25) is 0 Å². The van der Waals surface area contributed by atoms with Crippen LogP contribution in [0.4, 0.5) is 0 Å². The fourth-order valence-corrected chi connectivity index (χ4v) is 5.35. The number of likely N-dealkylation sites (tertiary alicyclic amines) is 1. The molecular formula is C25H30ClNO. The molecule has 0 unspecified atom stereocenters. The van der Waals surface area contributed by atoms with Gasteiger partial charge in [0.05, 0.1) is 6.61 Å². The van der Waals surface area contributed by atoms with Gasteiger partial charge in [-0.05, 0) is 55.3 Å². The van der Waals surface area contributed by atoms with E-state index in [4.69, 9.17) is 11.6 Å². The first-order chi connectivity index (χ1) is 13.7. The summed E-state index contributed by atoms with van der Waals surface area (Å²) < 4.78 is 0. The lowest BCUT2D eigenvalue weighted by Gasteiger charge is -2.51. The topological polar surface area (TPSA) is 23.5 Å². The Morgan fingerprint density at radius 2 is 1.89 bits per heavy atom. The van der Waals surface area contributed by atoms with Crippen molar-refractivity contribution in [1.29, 1.82) is 0 Å². The standard InChI is InChI=1S/C25H30ClNO/c26-24-13-5-4-11-21(24)16-23-22-12-6-14-25(23,19-28)18-27(17-22)15-7-10-20-8-2-1-3-9-20/h1-5,8-9,11,13,16,22,28H,6-7,10,12,14-15,17-19H2/t22-,25+/m1/s1. The monoisotopic (exact) mass is 395 g/mol. The average molecular weight is 396 g/mol. The second-order valence-electron chi connectivity index (χ2n) is 8.47. The van der Waals surface area contributed by atoms with E-state index in [0.29, 0.717) is 5.92 Å². The molecule has 1 saturated heterocycles. The molecule has 2 aromatic carbocycles. The predicted molar refractivity (Wildman–Crippen MR) is 117 cm³/mol. The maximum absolute atomic E-state index is 10.4. The van der Waals surface area contributed by atoms with Gasteiger partial charge in [0.25, 0.3) is 0 Å². The summed E-state index contributed by atoms with van der Waals surface area (Å²) in [4.78, 5) is 2.59. The van der Waals surface area contributed by atoms with Crippen LogP contribution in [0.3, 0.4) is 0 Å². The largest absolute Gasteiger partial charge is 0.395 e. The molecule has 1 heterocycles. The summed E-state index contributed by atoms with van der Waals surface area (Å²) in [7, 11) is 0. The molecule has 2 aromatic rings. The fraction of sp³-hybridized carbons (Fsp3) is 0.440. The van der Waals surface area contributed by atoms with E-state index in [0.717, 1.165) is 43.1 Å². The van der Waals surface area contributed by atoms with Crippen molar-refractivity contribution in [3.63, 3.8) is 0 Å². The Labute approximate surface area is 173 Å². The van der Waals surface area contributed by atoms with Crippen LogP contribution in [-0.4, -0.2) is 36.2 Å². The van der Waals surface area contributed by atoms with Crippen molar-refractivity contribution in [2.45, 2.75) is 32.1 Å². The highest BCUT2D eigenvalue weighted by Gasteiger charge is 2.45. The van der Waals surface area contributed by atoms with Crippen molar-refractivity contribution >= 4 is 17.7 Å². The Morgan fingerprint density at radius 3 is 2.68 bits per heavy atom. The number of aliphatic hydroxyl groups is 1. The van der Waals surface area contributed by atoms with Crippen LogP contribution in [0.2, 0.25) is 5.02 Å². The van der Waals surface area contributed by atoms with E-state index in [1.807, 2.05) is 18.2 Å². The van der Waals surface area contributed by atoms with Gasteiger partial charge in [-0.25, -0.2) is 0 Å². The van der Waals surface area contributed by atoms with Crippen molar-refractivity contribution in [2.75, 3.05) is 26.2 Å². The normalized spacial score (nSPS) is 26.5. The lowest BCUT2D eigenvalue weighted by molar-refractivity contribution is 0.0253. The van der Waals surface area contributed by atoms with Crippen LogP contribution in [-0.2, 0) is 6.42 Å². The molecule has 1 saturated carbocycles. The molecule has 3 heteroatoms. The molecule has 1 aliphatic carbocycles. The predicted octanol–water partition coefficient (Wildman–Crippen LogP) is 5.45. The Bertz CT molecular complexity index is 818. The van der Waals surface area contributed by atoms with Crippen LogP contribution in [0.5, 0.6) is 0 Å². The number of hydrogen-bond donors (Lipinski definition) is 1. The zero-order valence-electron chi connectivity index (χ0n) is 16.5. The number of hydrogen-bond acceptors (Lipinski definition) is 2. The highest BCUT2D eigenvalue weighted by Crippen LogP contribution is 2.49. The number of halogens is 1. The van der Waals surface area contributed by atoms with Gasteiger partial charge in [-0.2, -0.15) is 0 Å². The number of piperidine rings is 1. The molecule has 4 rings (SSSR count). The first kappa shape index (κ1) is 19.7. The molecule has 148 valence electrons. The van der Waals surface area contributed by atoms with Gasteiger partial charge in [-0.1, -0.05) is 78.2 Å². The minimum Gasteiger partial charge on any atom is -0.395 e. The summed E-state index contributed by atoms with van der Waals surface area (Å²) in [6, 6.07) is 18.8. The number of rotatable bonds is 6. The number of nitrogens with zero attached hydrogens (tertiary/aromatic N) is 1. The van der Waals surface area contributed by atoms with E-state index in [9.17, 15) is 5.11 Å². The fourth-order valence-electron chi connectivity index (χ4n) is 5.16. The molecular weight excluding hydrogens is 366 g/mol. The molecule has 0 spiro atoms. The Hall–Kier alpha value is -1.61. The SMILES string of the molecule is OC[C@]12CCC[C@H](CN(CCCc3ccccc3)C1)C2=Cc1ccccc1Cl. The molecule has 2 atom stereocenters. The number of fused-ring (bicyclic) bond motifs is 2. The minimum atomic E-state index is -0.104. The van der Waals surface area contributed by atoms with Crippen LogP contribution in [0.15, 0.2) is 60.2 Å². The van der Waals surface area contributed by atoms with Gasteiger partial charge in [0, 0.05) is 23.5 Å². The van der Waals surface area contributed by atoms with Gasteiger partial charge in [0.2, 0.25) is 0 Å². The van der Waals surface area contributed by atoms with E-state index >= 15 is 0 Å². The third kappa shape index (κ3) is 4.20. The third-order valence-electron chi connectivity index (χ3n) is 6.57. The van der Waals surface area contributed by atoms with Crippen molar-refractivity contribution in [3.05, 3.63) is 76.3 Å². The first-order valence-corrected chi connectivity index (χ1v) is 10.9. The summed E-state index contributed by atoms with van der Waals surface area (Å²) in [6.45, 7) is 3.40. The summed E-state index contributed by atoms with van der Waals surface area (Å²) >= 11 is 6.43. The van der Waals surface area contributed by atoms with Gasteiger partial charge in [0.15, 0.2) is 0 Å². The summed E-state index contributed by atoms with van der Waals surface area (Å²) in [5, 5.41) is 11.2. The average Bonchev–Trinajstić information content (AvgIpc) is 2.71. The third-order valence-corrected chi connectivity index (χ3v) is 6.91. The Balaban J connectivity index is 1.49. The van der Waals surface area contributed by atoms with Crippen molar-refractivity contribution < 1.29 is 5.11 Å². The van der Waals surface area contributed by atoms with E-state index in [-0.39, 0.29) is 12.0 Å². The summed E-state index contributed by atoms with van der Waals surface area (Å²) in [5.74, 6) is 0.530. The lowest BCUT2D eigenvalue weighted by atomic mass is 9.62. The maximum atomic E-state index is 10.4. The molecule has 2 fully saturated rings. The van der Waals surface area contributed by atoms with Crippen molar-refractivity contribution in [1.82, 2.24) is 4.90 Å². The van der Waals surface area contributed by atoms with Gasteiger partial charge in [-0.15, -0.1) is 0 Å². The molecule has 1 N–H and O–H groups in total. The quantitative estimate of drug-likeness (QED) is 0.702. The summed E-state index contributed by atoms with van der Waals surface area (Å²) in [5.41, 5.74) is 3.82. The Kier molecular flexibility index (Phi) is 6.20. The number of benzene rings is 2. The van der Waals surface area contributed by atoms with Gasteiger partial charge in [0.1, 0.15) is 0 Å². The summed E-state index contributed by atoms with van der Waals surface area (Å²) in [6.07, 6.45) is 8.07. The number of aliphatic hydroxyl groups excluding tert-OH is 1. The zero-order valence-corrected chi connectivity index (χ0v) is 17.2. The van der Waals surface area contributed by atoms with Gasteiger partial charge < -0.3 is 10.0 Å². The molecule has 2 aliphatic rings. The van der Waals surface area contributed by atoms with Crippen LogP contribution < -0.4 is 0 Å². The number of aryl methyl sites for hydroxylation is 1. The van der Waals surface area contributed by atoms with E-state index in [1.54, 1.807) is 0 Å². The van der Waals surface area contributed by atoms with Crippen LogP contribution in [0.1, 0.15) is 36.8 Å². The molecule has 28 heavy (non-hydrogen) atoms. The van der Waals surface area contributed by atoms with Crippen molar-refractivity contribution in [3.8, 4) is 0 Å². The highest BCUT2D eigenvalue weighted by molar-refractivity contribution is 6.32. The molecule has 0 aromatic heterocycles. The second-order valence-corrected chi connectivity index (χ2v) is 8.88. The van der Waals surface area contributed by atoms with E-state index < -0.39 is 0 Å². The molecule has 1 aliphatic heterocycles. The smallest absolute Gasteiger partial charge is 0.0537 e. The van der Waals surface area contributed by atoms with E-state index in [2.05, 4.69) is 47.4 Å². The van der Waals surface area contributed by atoms with E-state index in [1.165, 1.54) is 30.4 Å². The van der Waals surface area contributed by atoms with Crippen LogP contribution >= 0.6 is 11.6 Å². The highest BCUT2D eigenvalue weighted by atomic mass is 35.5.